The lowest BCUT2D eigenvalue weighted by atomic mass is 9.71. The van der Waals surface area contributed by atoms with Gasteiger partial charge in [-0.25, -0.2) is 4.98 Å². The van der Waals surface area contributed by atoms with E-state index >= 15 is 0 Å². The number of nitrogen functional groups attached to an aromatic ring is 1. The minimum atomic E-state index is 0.302. The van der Waals surface area contributed by atoms with Crippen LogP contribution in [0.2, 0.25) is 0 Å². The van der Waals surface area contributed by atoms with Gasteiger partial charge in [-0.05, 0) is 64.0 Å². The Morgan fingerprint density at radius 1 is 1.04 bits per heavy atom. The van der Waals surface area contributed by atoms with Crippen LogP contribution in [-0.2, 0) is 11.8 Å². The van der Waals surface area contributed by atoms with Gasteiger partial charge in [-0.3, -0.25) is 0 Å². The SMILES string of the molecule is Nc1nc(N[C@@H]2CN3CCC2CC3)c2c(n1)C1(CCCC1)CCC2. The van der Waals surface area contributed by atoms with E-state index in [0.29, 0.717) is 17.4 Å². The lowest BCUT2D eigenvalue weighted by Crippen LogP contribution is -2.53. The van der Waals surface area contributed by atoms with E-state index < -0.39 is 0 Å². The molecule has 6 rings (SSSR count). The number of rotatable bonds is 2. The normalized spacial score (nSPS) is 33.6. The molecule has 4 fully saturated rings. The topological polar surface area (TPSA) is 67.1 Å². The van der Waals surface area contributed by atoms with Crippen molar-refractivity contribution in [3.63, 3.8) is 0 Å². The zero-order chi connectivity index (χ0) is 16.1. The molecule has 0 amide bonds. The standard InChI is InChI=1S/C19H29N5/c20-18-22-16-14(4-3-9-19(16)7-1-2-8-19)17(23-18)21-15-12-24-10-5-13(15)6-11-24/h13,15H,1-12H2,(H3,20,21,22,23)/t15-/m1/s1. The van der Waals surface area contributed by atoms with Crippen LogP contribution in [0.1, 0.15) is 62.6 Å². The first-order valence-electron chi connectivity index (χ1n) is 9.89. The summed E-state index contributed by atoms with van der Waals surface area (Å²) in [6, 6.07) is 0.535. The maximum atomic E-state index is 6.14. The third-order valence-electron chi connectivity index (χ3n) is 7.15. The summed E-state index contributed by atoms with van der Waals surface area (Å²) in [5, 5.41) is 3.81. The molecule has 5 aliphatic rings. The molecule has 130 valence electrons. The Bertz CT molecular complexity index is 629. The summed E-state index contributed by atoms with van der Waals surface area (Å²) in [6.45, 7) is 3.71. The highest BCUT2D eigenvalue weighted by Gasteiger charge is 2.42. The predicted molar refractivity (Wildman–Crippen MR) is 96.1 cm³/mol. The molecule has 0 aromatic carbocycles. The smallest absolute Gasteiger partial charge is 0.222 e. The molecule has 3 N–H and O–H groups in total. The van der Waals surface area contributed by atoms with Crippen molar-refractivity contribution in [2.45, 2.75) is 69.2 Å². The maximum absolute atomic E-state index is 6.14. The van der Waals surface area contributed by atoms with Crippen LogP contribution in [0, 0.1) is 5.92 Å². The molecule has 3 aliphatic heterocycles. The average molecular weight is 327 g/mol. The Kier molecular flexibility index (Phi) is 3.47. The number of piperidine rings is 3. The number of anilines is 2. The summed E-state index contributed by atoms with van der Waals surface area (Å²) in [6.07, 6.45) is 11.6. The first-order chi connectivity index (χ1) is 11.7. The minimum Gasteiger partial charge on any atom is -0.368 e. The van der Waals surface area contributed by atoms with Crippen LogP contribution in [0.3, 0.4) is 0 Å². The van der Waals surface area contributed by atoms with Crippen LogP contribution in [0.15, 0.2) is 0 Å². The highest BCUT2D eigenvalue weighted by Crippen LogP contribution is 2.49. The van der Waals surface area contributed by atoms with Gasteiger partial charge in [0, 0.05) is 23.6 Å². The highest BCUT2D eigenvalue weighted by molar-refractivity contribution is 5.54. The van der Waals surface area contributed by atoms with E-state index in [-0.39, 0.29) is 0 Å². The van der Waals surface area contributed by atoms with E-state index in [2.05, 4.69) is 15.2 Å². The molecule has 0 radical (unpaired) electrons. The zero-order valence-electron chi connectivity index (χ0n) is 14.6. The molecule has 1 spiro atoms. The lowest BCUT2D eigenvalue weighted by Gasteiger charge is -2.45. The third kappa shape index (κ3) is 2.32. The van der Waals surface area contributed by atoms with Crippen LogP contribution in [-0.4, -0.2) is 40.5 Å². The molecule has 0 unspecified atom stereocenters. The van der Waals surface area contributed by atoms with Gasteiger partial charge in [-0.15, -0.1) is 0 Å². The number of aromatic nitrogens is 2. The molecule has 5 heteroatoms. The van der Waals surface area contributed by atoms with Crippen molar-refractivity contribution in [2.75, 3.05) is 30.7 Å². The summed E-state index contributed by atoms with van der Waals surface area (Å²) in [4.78, 5) is 12.0. The highest BCUT2D eigenvalue weighted by atomic mass is 15.2. The van der Waals surface area contributed by atoms with Gasteiger partial charge in [-0.2, -0.15) is 4.98 Å². The summed E-state index contributed by atoms with van der Waals surface area (Å²) >= 11 is 0. The van der Waals surface area contributed by atoms with Crippen molar-refractivity contribution in [2.24, 2.45) is 5.92 Å². The third-order valence-corrected chi connectivity index (χ3v) is 7.15. The van der Waals surface area contributed by atoms with Crippen LogP contribution in [0.5, 0.6) is 0 Å². The molecule has 5 nitrogen and oxygen atoms in total. The first kappa shape index (κ1) is 14.9. The van der Waals surface area contributed by atoms with Gasteiger partial charge in [0.2, 0.25) is 5.95 Å². The van der Waals surface area contributed by atoms with Crippen LogP contribution < -0.4 is 11.1 Å². The largest absolute Gasteiger partial charge is 0.368 e. The second-order valence-electron chi connectivity index (χ2n) is 8.49. The van der Waals surface area contributed by atoms with Crippen molar-refractivity contribution < 1.29 is 0 Å². The molecule has 4 heterocycles. The fourth-order valence-electron chi connectivity index (χ4n) is 5.86. The van der Waals surface area contributed by atoms with Crippen molar-refractivity contribution >= 4 is 11.8 Å². The Morgan fingerprint density at radius 3 is 2.50 bits per heavy atom. The second kappa shape index (κ2) is 5.58. The summed E-state index contributed by atoms with van der Waals surface area (Å²) in [5.41, 5.74) is 9.12. The van der Waals surface area contributed by atoms with Crippen molar-refractivity contribution in [1.29, 1.82) is 0 Å². The summed E-state index contributed by atoms with van der Waals surface area (Å²) < 4.78 is 0. The molecular weight excluding hydrogens is 298 g/mol. The lowest BCUT2D eigenvalue weighted by molar-refractivity contribution is 0.0973. The zero-order valence-corrected chi connectivity index (χ0v) is 14.6. The first-order valence-corrected chi connectivity index (χ1v) is 9.89. The molecule has 1 aromatic rings. The molecule has 24 heavy (non-hydrogen) atoms. The predicted octanol–water partition coefficient (Wildman–Crippen LogP) is 2.71. The fourth-order valence-corrected chi connectivity index (χ4v) is 5.86. The minimum absolute atomic E-state index is 0.302. The second-order valence-corrected chi connectivity index (χ2v) is 8.49. The molecule has 3 saturated heterocycles. The summed E-state index contributed by atoms with van der Waals surface area (Å²) in [5.74, 6) is 2.32. The summed E-state index contributed by atoms with van der Waals surface area (Å²) in [7, 11) is 0. The van der Waals surface area contributed by atoms with Crippen molar-refractivity contribution in [3.8, 4) is 0 Å². The van der Waals surface area contributed by atoms with Gasteiger partial charge in [0.05, 0.1) is 5.69 Å². The Balaban J connectivity index is 1.49. The number of fused-ring (bicyclic) bond motifs is 5. The number of hydrogen-bond acceptors (Lipinski definition) is 5. The van der Waals surface area contributed by atoms with E-state index in [9.17, 15) is 0 Å². The Labute approximate surface area is 144 Å². The van der Waals surface area contributed by atoms with Crippen molar-refractivity contribution in [3.05, 3.63) is 11.3 Å². The van der Waals surface area contributed by atoms with Crippen LogP contribution in [0.25, 0.3) is 0 Å². The molecular formula is C19H29N5. The molecule has 2 bridgehead atoms. The van der Waals surface area contributed by atoms with Gasteiger partial charge < -0.3 is 16.0 Å². The number of nitrogens with one attached hydrogen (secondary N) is 1. The number of nitrogens with zero attached hydrogens (tertiary/aromatic N) is 3. The maximum Gasteiger partial charge on any atom is 0.222 e. The van der Waals surface area contributed by atoms with E-state index in [4.69, 9.17) is 10.7 Å². The molecule has 1 saturated carbocycles. The molecule has 1 atom stereocenters. The monoisotopic (exact) mass is 327 g/mol. The van der Waals surface area contributed by atoms with Crippen LogP contribution >= 0.6 is 0 Å². The van der Waals surface area contributed by atoms with Gasteiger partial charge in [0.1, 0.15) is 5.82 Å². The van der Waals surface area contributed by atoms with E-state index in [1.54, 1.807) is 0 Å². The fraction of sp³-hybridized carbons (Fsp3) is 0.789. The molecule has 2 aliphatic carbocycles. The number of nitrogens with two attached hydrogens (primary N) is 1. The number of hydrogen-bond donors (Lipinski definition) is 2. The Morgan fingerprint density at radius 2 is 1.79 bits per heavy atom. The molecule has 1 aromatic heterocycles. The quantitative estimate of drug-likeness (QED) is 0.874. The average Bonchev–Trinajstić information content (AvgIpc) is 3.06. The van der Waals surface area contributed by atoms with Gasteiger partial charge in [0.15, 0.2) is 0 Å². The van der Waals surface area contributed by atoms with E-state index in [0.717, 1.165) is 24.7 Å². The van der Waals surface area contributed by atoms with Crippen molar-refractivity contribution in [1.82, 2.24) is 14.9 Å². The van der Waals surface area contributed by atoms with E-state index in [1.165, 1.54) is 75.7 Å². The van der Waals surface area contributed by atoms with Crippen LogP contribution in [0.4, 0.5) is 11.8 Å². The van der Waals surface area contributed by atoms with Gasteiger partial charge >= 0.3 is 0 Å². The Hall–Kier alpha value is -1.36. The van der Waals surface area contributed by atoms with Gasteiger partial charge in [-0.1, -0.05) is 12.8 Å². The van der Waals surface area contributed by atoms with Gasteiger partial charge in [0.25, 0.3) is 0 Å². The van der Waals surface area contributed by atoms with E-state index in [1.807, 2.05) is 0 Å².